The van der Waals surface area contributed by atoms with Crippen molar-refractivity contribution in [2.75, 3.05) is 6.61 Å². The molecule has 3 aliphatic rings. The van der Waals surface area contributed by atoms with Crippen LogP contribution < -0.4 is 0 Å². The van der Waals surface area contributed by atoms with E-state index in [-0.39, 0.29) is 24.0 Å². The van der Waals surface area contributed by atoms with Gasteiger partial charge in [-0.1, -0.05) is 30.7 Å². The summed E-state index contributed by atoms with van der Waals surface area (Å²) in [7, 11) is 0. The van der Waals surface area contributed by atoms with Crippen LogP contribution >= 0.6 is 0 Å². The van der Waals surface area contributed by atoms with Gasteiger partial charge in [0, 0.05) is 0 Å². The second-order valence-electron chi connectivity index (χ2n) is 8.47. The van der Waals surface area contributed by atoms with Gasteiger partial charge in [0.15, 0.2) is 0 Å². The van der Waals surface area contributed by atoms with Crippen molar-refractivity contribution >= 4 is 0 Å². The summed E-state index contributed by atoms with van der Waals surface area (Å²) in [6.07, 6.45) is 9.64. The van der Waals surface area contributed by atoms with E-state index in [9.17, 15) is 20.4 Å². The highest BCUT2D eigenvalue weighted by Crippen LogP contribution is 2.57. The van der Waals surface area contributed by atoms with Gasteiger partial charge in [-0.3, -0.25) is 0 Å². The molecule has 6 atom stereocenters. The molecule has 0 aromatic heterocycles. The van der Waals surface area contributed by atoms with E-state index in [1.807, 2.05) is 6.08 Å². The topological polar surface area (TPSA) is 80.9 Å². The van der Waals surface area contributed by atoms with Crippen LogP contribution in [-0.4, -0.2) is 45.3 Å². The molecule has 0 unspecified atom stereocenters. The van der Waals surface area contributed by atoms with Crippen molar-refractivity contribution in [1.82, 2.24) is 0 Å². The molecule has 3 aliphatic carbocycles. The summed E-state index contributed by atoms with van der Waals surface area (Å²) in [5, 5.41) is 39.9. The molecule has 0 aromatic carbocycles. The van der Waals surface area contributed by atoms with Gasteiger partial charge in [0.1, 0.15) is 0 Å². The summed E-state index contributed by atoms with van der Waals surface area (Å²) in [5.74, 6) is 0.319. The standard InChI is InChI=1S/C21H32O4/c1-13-3-6-16(23)9-14(13)4-5-15-10-17(24)11-21(2)18(15)7-8-19(21)20(25)12-22/h4-5,10,16-20,22-25H,3,6-9,11-12H2,1-2H3/b5-4+/t16-,17+,18+,19-,20-,21+/m1/s1. The Hall–Kier alpha value is -0.940. The zero-order valence-electron chi connectivity index (χ0n) is 15.4. The lowest BCUT2D eigenvalue weighted by atomic mass is 9.63. The van der Waals surface area contributed by atoms with Crippen molar-refractivity contribution in [3.05, 3.63) is 34.9 Å². The monoisotopic (exact) mass is 348 g/mol. The van der Waals surface area contributed by atoms with Gasteiger partial charge in [-0.15, -0.1) is 0 Å². The molecule has 0 aromatic rings. The van der Waals surface area contributed by atoms with Gasteiger partial charge in [-0.2, -0.15) is 0 Å². The summed E-state index contributed by atoms with van der Waals surface area (Å²) in [5.41, 5.74) is 3.48. The fourth-order valence-corrected chi connectivity index (χ4v) is 5.36. The summed E-state index contributed by atoms with van der Waals surface area (Å²) >= 11 is 0. The van der Waals surface area contributed by atoms with Gasteiger partial charge in [-0.05, 0) is 73.8 Å². The number of hydrogen-bond donors (Lipinski definition) is 4. The first-order valence-electron chi connectivity index (χ1n) is 9.58. The number of hydrogen-bond acceptors (Lipinski definition) is 4. The number of aliphatic hydroxyl groups excluding tert-OH is 4. The third-order valence-corrected chi connectivity index (χ3v) is 6.83. The summed E-state index contributed by atoms with van der Waals surface area (Å²) < 4.78 is 0. The van der Waals surface area contributed by atoms with E-state index in [0.29, 0.717) is 18.8 Å². The Morgan fingerprint density at radius 1 is 1.24 bits per heavy atom. The van der Waals surface area contributed by atoms with Crippen molar-refractivity contribution < 1.29 is 20.4 Å². The maximum Gasteiger partial charge on any atom is 0.0804 e. The molecule has 0 bridgehead atoms. The quantitative estimate of drug-likeness (QED) is 0.629. The molecule has 0 amide bonds. The zero-order valence-corrected chi connectivity index (χ0v) is 15.4. The lowest BCUT2D eigenvalue weighted by molar-refractivity contribution is -0.0237. The lowest BCUT2D eigenvalue weighted by Gasteiger charge is -2.43. The van der Waals surface area contributed by atoms with Crippen molar-refractivity contribution in [3.8, 4) is 0 Å². The van der Waals surface area contributed by atoms with E-state index in [1.165, 1.54) is 11.1 Å². The van der Waals surface area contributed by atoms with E-state index in [2.05, 4.69) is 26.0 Å². The van der Waals surface area contributed by atoms with Crippen LogP contribution in [-0.2, 0) is 0 Å². The van der Waals surface area contributed by atoms with E-state index in [1.54, 1.807) is 0 Å². The Balaban J connectivity index is 1.84. The highest BCUT2D eigenvalue weighted by Gasteiger charge is 2.52. The van der Waals surface area contributed by atoms with Gasteiger partial charge in [0.05, 0.1) is 24.9 Å². The first-order valence-corrected chi connectivity index (χ1v) is 9.58. The van der Waals surface area contributed by atoms with Crippen LogP contribution in [0.3, 0.4) is 0 Å². The molecule has 4 heteroatoms. The molecule has 25 heavy (non-hydrogen) atoms. The second-order valence-corrected chi connectivity index (χ2v) is 8.47. The fourth-order valence-electron chi connectivity index (χ4n) is 5.36. The predicted molar refractivity (Wildman–Crippen MR) is 97.8 cm³/mol. The average Bonchev–Trinajstić information content (AvgIpc) is 2.91. The van der Waals surface area contributed by atoms with Crippen LogP contribution in [0.15, 0.2) is 34.9 Å². The molecule has 3 rings (SSSR count). The molecule has 0 spiro atoms. The Morgan fingerprint density at radius 2 is 2.00 bits per heavy atom. The van der Waals surface area contributed by atoms with Crippen molar-refractivity contribution in [3.63, 3.8) is 0 Å². The van der Waals surface area contributed by atoms with Gasteiger partial charge < -0.3 is 20.4 Å². The van der Waals surface area contributed by atoms with Crippen LogP contribution in [0.2, 0.25) is 0 Å². The smallest absolute Gasteiger partial charge is 0.0804 e. The molecule has 1 saturated carbocycles. The first kappa shape index (κ1) is 18.8. The van der Waals surface area contributed by atoms with E-state index in [0.717, 1.165) is 31.3 Å². The Kier molecular flexibility index (Phi) is 5.54. The van der Waals surface area contributed by atoms with Crippen molar-refractivity contribution in [2.45, 2.75) is 70.7 Å². The summed E-state index contributed by atoms with van der Waals surface area (Å²) in [6, 6.07) is 0. The maximum atomic E-state index is 10.4. The minimum atomic E-state index is -0.719. The van der Waals surface area contributed by atoms with Crippen LogP contribution in [0, 0.1) is 17.3 Å². The zero-order chi connectivity index (χ0) is 18.2. The molecule has 0 aliphatic heterocycles. The molecule has 1 fully saturated rings. The van der Waals surface area contributed by atoms with Gasteiger partial charge >= 0.3 is 0 Å². The van der Waals surface area contributed by atoms with Gasteiger partial charge in [0.25, 0.3) is 0 Å². The van der Waals surface area contributed by atoms with Gasteiger partial charge in [-0.25, -0.2) is 0 Å². The van der Waals surface area contributed by atoms with E-state index >= 15 is 0 Å². The third-order valence-electron chi connectivity index (χ3n) is 6.83. The van der Waals surface area contributed by atoms with Crippen LogP contribution in [0.1, 0.15) is 52.4 Å². The van der Waals surface area contributed by atoms with Crippen LogP contribution in [0.25, 0.3) is 0 Å². The second kappa shape index (κ2) is 7.36. The molecule has 4 nitrogen and oxygen atoms in total. The highest BCUT2D eigenvalue weighted by atomic mass is 16.3. The van der Waals surface area contributed by atoms with Crippen molar-refractivity contribution in [1.29, 1.82) is 0 Å². The Bertz CT molecular complexity index is 591. The normalized spacial score (nSPS) is 40.3. The van der Waals surface area contributed by atoms with E-state index in [4.69, 9.17) is 0 Å². The molecular formula is C21H32O4. The average molecular weight is 348 g/mol. The number of rotatable bonds is 4. The molecule has 0 heterocycles. The molecule has 4 N–H and O–H groups in total. The third kappa shape index (κ3) is 3.63. The Morgan fingerprint density at radius 3 is 2.72 bits per heavy atom. The molecule has 140 valence electrons. The Labute approximate surface area is 150 Å². The minimum Gasteiger partial charge on any atom is -0.394 e. The molecule has 0 saturated heterocycles. The minimum absolute atomic E-state index is 0.0201. The lowest BCUT2D eigenvalue weighted by Crippen LogP contribution is -2.42. The molecule has 0 radical (unpaired) electrons. The summed E-state index contributed by atoms with van der Waals surface area (Å²) in [6.45, 7) is 4.05. The highest BCUT2D eigenvalue weighted by molar-refractivity contribution is 5.37. The first-order chi connectivity index (χ1) is 11.8. The fraction of sp³-hybridized carbons (Fsp3) is 0.714. The number of allylic oxidation sites excluding steroid dienone is 4. The van der Waals surface area contributed by atoms with Crippen molar-refractivity contribution in [2.24, 2.45) is 17.3 Å². The summed E-state index contributed by atoms with van der Waals surface area (Å²) in [4.78, 5) is 0. The predicted octanol–water partition coefficient (Wildman–Crippen LogP) is 2.48. The largest absolute Gasteiger partial charge is 0.394 e. The molecular weight excluding hydrogens is 316 g/mol. The SMILES string of the molecule is CC1=C(/C=C/C2=C[C@H](O)C[C@]3(C)[C@@H]([C@H](O)CO)CC[C@@H]23)C[C@H](O)CC1. The van der Waals surface area contributed by atoms with Crippen LogP contribution in [0.5, 0.6) is 0 Å². The number of fused-ring (bicyclic) bond motifs is 1. The van der Waals surface area contributed by atoms with Gasteiger partial charge in [0.2, 0.25) is 0 Å². The number of aliphatic hydroxyl groups is 4. The van der Waals surface area contributed by atoms with E-state index < -0.39 is 12.2 Å². The maximum absolute atomic E-state index is 10.4. The van der Waals surface area contributed by atoms with Crippen LogP contribution in [0.4, 0.5) is 0 Å².